The zero-order chi connectivity index (χ0) is 11.8. The van der Waals surface area contributed by atoms with Crippen molar-refractivity contribution in [2.45, 2.75) is 31.3 Å². The molecule has 0 saturated carbocycles. The lowest BCUT2D eigenvalue weighted by Gasteiger charge is -2.50. The molecule has 3 heteroatoms. The van der Waals surface area contributed by atoms with Crippen LogP contribution in [0, 0.1) is 9.49 Å². The van der Waals surface area contributed by atoms with Gasteiger partial charge in [-0.3, -0.25) is 4.90 Å². The molecule has 4 rings (SSSR count). The summed E-state index contributed by atoms with van der Waals surface area (Å²) in [5, 5.41) is 0. The maximum Gasteiger partial charge on any atom is 0.0290 e. The second-order valence-electron chi connectivity index (χ2n) is 5.31. The molecule has 3 saturated heterocycles. The molecule has 2 atom stereocenters. The molecule has 17 heavy (non-hydrogen) atoms. The highest BCUT2D eigenvalue weighted by Gasteiger charge is 2.39. The molecule has 0 spiro atoms. The zero-order valence-corrected chi connectivity index (χ0v) is 12.1. The van der Waals surface area contributed by atoms with E-state index in [1.807, 2.05) is 0 Å². The number of benzene rings is 1. The average Bonchev–Trinajstić information content (AvgIpc) is 2.36. The predicted molar refractivity (Wildman–Crippen MR) is 78.9 cm³/mol. The van der Waals surface area contributed by atoms with E-state index in [4.69, 9.17) is 5.73 Å². The second-order valence-corrected chi connectivity index (χ2v) is 6.48. The molecule has 92 valence electrons. The number of hydrogen-bond donors (Lipinski definition) is 1. The quantitative estimate of drug-likeness (QED) is 0.836. The number of halogens is 1. The maximum absolute atomic E-state index is 6.42. The van der Waals surface area contributed by atoms with Gasteiger partial charge in [0.05, 0.1) is 0 Å². The first kappa shape index (κ1) is 11.9. The Morgan fingerprint density at radius 1 is 1.24 bits per heavy atom. The van der Waals surface area contributed by atoms with Gasteiger partial charge in [0.25, 0.3) is 0 Å². The average molecular weight is 342 g/mol. The van der Waals surface area contributed by atoms with Crippen LogP contribution in [0.15, 0.2) is 24.3 Å². The molecule has 3 aliphatic heterocycles. The Hall–Kier alpha value is -0.130. The van der Waals surface area contributed by atoms with Crippen molar-refractivity contribution in [2.24, 2.45) is 11.7 Å². The SMILES string of the molecule is NC1C2CCN(CC2)C1Cc1ccccc1I. The summed E-state index contributed by atoms with van der Waals surface area (Å²) in [5.74, 6) is 0.770. The number of nitrogens with two attached hydrogens (primary N) is 1. The fourth-order valence-electron chi connectivity index (χ4n) is 3.35. The molecule has 2 bridgehead atoms. The van der Waals surface area contributed by atoms with Gasteiger partial charge in [0.1, 0.15) is 0 Å². The highest BCUT2D eigenvalue weighted by atomic mass is 127. The van der Waals surface area contributed by atoms with E-state index in [1.54, 1.807) is 0 Å². The van der Waals surface area contributed by atoms with Gasteiger partial charge in [-0.15, -0.1) is 0 Å². The minimum atomic E-state index is 0.383. The van der Waals surface area contributed by atoms with Crippen molar-refractivity contribution < 1.29 is 0 Å². The summed E-state index contributed by atoms with van der Waals surface area (Å²) in [7, 11) is 0. The molecule has 0 aromatic heterocycles. The van der Waals surface area contributed by atoms with E-state index in [9.17, 15) is 0 Å². The molecule has 3 heterocycles. The number of nitrogens with zero attached hydrogens (tertiary/aromatic N) is 1. The van der Waals surface area contributed by atoms with Gasteiger partial charge in [-0.25, -0.2) is 0 Å². The summed E-state index contributed by atoms with van der Waals surface area (Å²) in [6.45, 7) is 2.51. The molecule has 1 aromatic carbocycles. The van der Waals surface area contributed by atoms with Crippen molar-refractivity contribution in [2.75, 3.05) is 13.1 Å². The largest absolute Gasteiger partial charge is 0.326 e. The van der Waals surface area contributed by atoms with Crippen LogP contribution in [0.2, 0.25) is 0 Å². The van der Waals surface area contributed by atoms with Crippen LogP contribution in [-0.2, 0) is 6.42 Å². The van der Waals surface area contributed by atoms with E-state index in [0.717, 1.165) is 12.3 Å². The minimum absolute atomic E-state index is 0.383. The third kappa shape index (κ3) is 2.25. The highest BCUT2D eigenvalue weighted by molar-refractivity contribution is 14.1. The summed E-state index contributed by atoms with van der Waals surface area (Å²) in [4.78, 5) is 2.60. The van der Waals surface area contributed by atoms with E-state index < -0.39 is 0 Å². The molecule has 0 amide bonds. The van der Waals surface area contributed by atoms with Gasteiger partial charge in [-0.2, -0.15) is 0 Å². The smallest absolute Gasteiger partial charge is 0.0290 e. The number of piperidine rings is 3. The highest BCUT2D eigenvalue weighted by Crippen LogP contribution is 2.33. The standard InChI is InChI=1S/C14H19IN2/c15-12-4-2-1-3-11(12)9-13-14(16)10-5-7-17(13)8-6-10/h1-4,10,13-14H,5-9,16H2. The van der Waals surface area contributed by atoms with E-state index >= 15 is 0 Å². The summed E-state index contributed by atoms with van der Waals surface area (Å²) < 4.78 is 1.37. The molecular weight excluding hydrogens is 323 g/mol. The van der Waals surface area contributed by atoms with Gasteiger partial charge < -0.3 is 5.73 Å². The lowest BCUT2D eigenvalue weighted by atomic mass is 9.77. The molecule has 0 radical (unpaired) electrons. The van der Waals surface area contributed by atoms with Crippen molar-refractivity contribution in [1.82, 2.24) is 4.90 Å². The molecule has 2 N–H and O–H groups in total. The molecule has 2 nitrogen and oxygen atoms in total. The third-order valence-electron chi connectivity index (χ3n) is 4.42. The fraction of sp³-hybridized carbons (Fsp3) is 0.571. The van der Waals surface area contributed by atoms with Crippen LogP contribution >= 0.6 is 22.6 Å². The Morgan fingerprint density at radius 3 is 2.59 bits per heavy atom. The molecular formula is C14H19IN2. The van der Waals surface area contributed by atoms with E-state index in [2.05, 4.69) is 51.8 Å². The maximum atomic E-state index is 6.42. The van der Waals surface area contributed by atoms with E-state index in [-0.39, 0.29) is 0 Å². The van der Waals surface area contributed by atoms with Crippen LogP contribution in [0.25, 0.3) is 0 Å². The van der Waals surface area contributed by atoms with E-state index in [1.165, 1.54) is 35.1 Å². The van der Waals surface area contributed by atoms with Crippen molar-refractivity contribution in [3.63, 3.8) is 0 Å². The first-order valence-electron chi connectivity index (χ1n) is 6.49. The molecule has 1 aromatic rings. The van der Waals surface area contributed by atoms with Crippen LogP contribution in [0.4, 0.5) is 0 Å². The van der Waals surface area contributed by atoms with Crippen molar-refractivity contribution in [1.29, 1.82) is 0 Å². The van der Waals surface area contributed by atoms with Crippen LogP contribution in [-0.4, -0.2) is 30.1 Å². The predicted octanol–water partition coefficient (Wildman–Crippen LogP) is 2.26. The third-order valence-corrected chi connectivity index (χ3v) is 5.47. The van der Waals surface area contributed by atoms with Gasteiger partial charge in [0.15, 0.2) is 0 Å². The Morgan fingerprint density at radius 2 is 1.94 bits per heavy atom. The number of fused-ring (bicyclic) bond motifs is 3. The molecule has 0 aliphatic carbocycles. The fourth-order valence-corrected chi connectivity index (χ4v) is 3.96. The minimum Gasteiger partial charge on any atom is -0.326 e. The van der Waals surface area contributed by atoms with Crippen molar-refractivity contribution in [3.8, 4) is 0 Å². The van der Waals surface area contributed by atoms with Crippen LogP contribution < -0.4 is 5.73 Å². The second kappa shape index (κ2) is 4.86. The van der Waals surface area contributed by atoms with Crippen LogP contribution in [0.3, 0.4) is 0 Å². The summed E-state index contributed by atoms with van der Waals surface area (Å²) >= 11 is 2.43. The molecule has 3 aliphatic rings. The Balaban J connectivity index is 1.79. The van der Waals surface area contributed by atoms with Gasteiger partial charge >= 0.3 is 0 Å². The van der Waals surface area contributed by atoms with Crippen LogP contribution in [0.1, 0.15) is 18.4 Å². The first-order chi connectivity index (χ1) is 8.25. The van der Waals surface area contributed by atoms with Gasteiger partial charge in [-0.1, -0.05) is 18.2 Å². The Kier molecular flexibility index (Phi) is 3.41. The topological polar surface area (TPSA) is 29.3 Å². The van der Waals surface area contributed by atoms with Crippen molar-refractivity contribution >= 4 is 22.6 Å². The lowest BCUT2D eigenvalue weighted by Crippen LogP contribution is -2.61. The molecule has 2 unspecified atom stereocenters. The Labute approximate surface area is 117 Å². The molecule has 3 fully saturated rings. The monoisotopic (exact) mass is 342 g/mol. The van der Waals surface area contributed by atoms with Crippen LogP contribution in [0.5, 0.6) is 0 Å². The zero-order valence-electron chi connectivity index (χ0n) is 9.98. The summed E-state index contributed by atoms with van der Waals surface area (Å²) in [5.41, 5.74) is 7.88. The van der Waals surface area contributed by atoms with Gasteiger partial charge in [0, 0.05) is 15.7 Å². The van der Waals surface area contributed by atoms with Crippen molar-refractivity contribution in [3.05, 3.63) is 33.4 Å². The van der Waals surface area contributed by atoms with Gasteiger partial charge in [0.2, 0.25) is 0 Å². The summed E-state index contributed by atoms with van der Waals surface area (Å²) in [6, 6.07) is 9.64. The normalized spacial score (nSPS) is 36.1. The van der Waals surface area contributed by atoms with E-state index in [0.29, 0.717) is 12.1 Å². The Bertz CT molecular complexity index is 397. The number of rotatable bonds is 2. The van der Waals surface area contributed by atoms with Gasteiger partial charge in [-0.05, 0) is 72.5 Å². The summed E-state index contributed by atoms with van der Waals surface area (Å²) in [6.07, 6.45) is 3.74. The number of hydrogen-bond acceptors (Lipinski definition) is 2. The first-order valence-corrected chi connectivity index (χ1v) is 7.56. The lowest BCUT2D eigenvalue weighted by molar-refractivity contribution is 0.0287.